The number of carbonyl (C=O) groups excluding carboxylic acids is 1. The van der Waals surface area contributed by atoms with E-state index in [1.54, 1.807) is 0 Å². The van der Waals surface area contributed by atoms with E-state index in [0.717, 1.165) is 53.8 Å². The predicted octanol–water partition coefficient (Wildman–Crippen LogP) is 5.10. The molecular formula is C29H26N4O. The highest BCUT2D eigenvalue weighted by Gasteiger charge is 2.65. The molecule has 1 spiro atoms. The summed E-state index contributed by atoms with van der Waals surface area (Å²) in [6, 6.07) is 21.3. The quantitative estimate of drug-likeness (QED) is 0.460. The second kappa shape index (κ2) is 7.15. The van der Waals surface area contributed by atoms with Crippen LogP contribution in [0.2, 0.25) is 0 Å². The maximum Gasteiger partial charge on any atom is 0.235 e. The van der Waals surface area contributed by atoms with Crippen molar-refractivity contribution in [2.45, 2.75) is 30.7 Å². The fourth-order valence-corrected chi connectivity index (χ4v) is 5.95. The van der Waals surface area contributed by atoms with Crippen LogP contribution >= 0.6 is 0 Å². The van der Waals surface area contributed by atoms with Crippen LogP contribution in [0.15, 0.2) is 60.7 Å². The number of anilines is 1. The van der Waals surface area contributed by atoms with Gasteiger partial charge in [-0.2, -0.15) is 5.10 Å². The summed E-state index contributed by atoms with van der Waals surface area (Å²) in [7, 11) is 2.18. The molecule has 0 bridgehead atoms. The maximum absolute atomic E-state index is 12.8. The molecule has 168 valence electrons. The lowest BCUT2D eigenvalue weighted by atomic mass is 9.92. The van der Waals surface area contributed by atoms with Crippen molar-refractivity contribution in [1.82, 2.24) is 15.1 Å². The Kier molecular flexibility index (Phi) is 4.15. The number of para-hydroxylation sites is 1. The molecule has 4 aromatic rings. The number of hydrogen-bond acceptors (Lipinski definition) is 3. The molecule has 5 nitrogen and oxygen atoms in total. The fraction of sp³-hybridized carbons (Fsp3) is 0.241. The summed E-state index contributed by atoms with van der Waals surface area (Å²) in [6.45, 7) is 2.14. The number of rotatable bonds is 3. The average molecular weight is 447 g/mol. The van der Waals surface area contributed by atoms with Gasteiger partial charge in [-0.05, 0) is 65.9 Å². The molecule has 0 unspecified atom stereocenters. The Morgan fingerprint density at radius 1 is 1.06 bits per heavy atom. The Bertz CT molecular complexity index is 1500. The van der Waals surface area contributed by atoms with Gasteiger partial charge in [0, 0.05) is 30.1 Å². The van der Waals surface area contributed by atoms with Crippen LogP contribution in [0.3, 0.4) is 0 Å². The standard InChI is InChI=1S/C29H26N4O/c1-33-13-12-19-14-18(6-8-21(19)17-33)7-11-25-22-10-9-20(15-27(22)32-31-25)24-16-29(24)23-4-2-3-5-26(23)30-28(29)34/h2-11,14-15,24H,12-13,16-17H2,1H3,(H,30,34)(H,31,32)/b11-7+/t24-,29-/m0/s1. The monoisotopic (exact) mass is 446 g/mol. The first-order chi connectivity index (χ1) is 16.6. The number of nitrogens with one attached hydrogen (secondary N) is 2. The van der Waals surface area contributed by atoms with Crippen molar-refractivity contribution in [1.29, 1.82) is 0 Å². The van der Waals surface area contributed by atoms with Crippen molar-refractivity contribution in [2.24, 2.45) is 0 Å². The van der Waals surface area contributed by atoms with Crippen LogP contribution in [0.25, 0.3) is 23.1 Å². The zero-order chi connectivity index (χ0) is 22.9. The Morgan fingerprint density at radius 2 is 1.97 bits per heavy atom. The van der Waals surface area contributed by atoms with Crippen molar-refractivity contribution in [3.63, 3.8) is 0 Å². The van der Waals surface area contributed by atoms with Gasteiger partial charge in [-0.1, -0.05) is 54.6 Å². The van der Waals surface area contributed by atoms with Gasteiger partial charge in [-0.25, -0.2) is 0 Å². The lowest BCUT2D eigenvalue weighted by molar-refractivity contribution is -0.118. The second-order valence-electron chi connectivity index (χ2n) is 9.99. The maximum atomic E-state index is 12.8. The van der Waals surface area contributed by atoms with Crippen LogP contribution in [-0.2, 0) is 23.2 Å². The van der Waals surface area contributed by atoms with E-state index in [4.69, 9.17) is 0 Å². The van der Waals surface area contributed by atoms with Gasteiger partial charge >= 0.3 is 0 Å². The SMILES string of the molecule is CN1CCc2cc(/C=C/c3n[nH]c4cc([C@@H]5C[C@@]56C(=O)Nc5ccccc56)ccc34)ccc2C1. The predicted molar refractivity (Wildman–Crippen MR) is 136 cm³/mol. The van der Waals surface area contributed by atoms with Crippen molar-refractivity contribution in [2.75, 3.05) is 18.9 Å². The lowest BCUT2D eigenvalue weighted by Gasteiger charge is -2.25. The molecule has 1 aliphatic carbocycles. The summed E-state index contributed by atoms with van der Waals surface area (Å²) in [4.78, 5) is 15.2. The fourth-order valence-electron chi connectivity index (χ4n) is 5.95. The topological polar surface area (TPSA) is 61.0 Å². The molecule has 1 fully saturated rings. The van der Waals surface area contributed by atoms with E-state index in [1.807, 2.05) is 18.2 Å². The van der Waals surface area contributed by atoms with Crippen LogP contribution < -0.4 is 5.32 Å². The van der Waals surface area contributed by atoms with Crippen LogP contribution in [0, 0.1) is 0 Å². The van der Waals surface area contributed by atoms with E-state index in [9.17, 15) is 4.79 Å². The van der Waals surface area contributed by atoms with Gasteiger partial charge in [0.05, 0.1) is 16.6 Å². The van der Waals surface area contributed by atoms with Crippen LogP contribution in [0.5, 0.6) is 0 Å². The first-order valence-corrected chi connectivity index (χ1v) is 12.0. The van der Waals surface area contributed by atoms with Gasteiger partial charge in [0.25, 0.3) is 0 Å². The molecule has 5 heteroatoms. The molecule has 2 N–H and O–H groups in total. The normalized spacial score (nSPS) is 23.4. The third kappa shape index (κ3) is 2.90. The second-order valence-corrected chi connectivity index (χ2v) is 9.99. The summed E-state index contributed by atoms with van der Waals surface area (Å²) in [5.74, 6) is 0.334. The molecule has 2 aliphatic heterocycles. The number of aromatic nitrogens is 2. The van der Waals surface area contributed by atoms with Gasteiger partial charge in [-0.3, -0.25) is 9.89 Å². The minimum Gasteiger partial charge on any atom is -0.325 e. The van der Waals surface area contributed by atoms with Crippen LogP contribution in [0.1, 0.15) is 45.8 Å². The number of H-pyrrole nitrogens is 1. The van der Waals surface area contributed by atoms with E-state index < -0.39 is 5.41 Å². The number of hydrogen-bond donors (Lipinski definition) is 2. The van der Waals surface area contributed by atoms with Crippen molar-refractivity contribution >= 4 is 34.6 Å². The summed E-state index contributed by atoms with van der Waals surface area (Å²) < 4.78 is 0. The van der Waals surface area contributed by atoms with Crippen molar-refractivity contribution in [3.05, 3.63) is 94.2 Å². The Labute approximate surface area is 198 Å². The first kappa shape index (κ1) is 19.7. The molecule has 34 heavy (non-hydrogen) atoms. The first-order valence-electron chi connectivity index (χ1n) is 12.0. The molecular weight excluding hydrogens is 420 g/mol. The number of nitrogens with zero attached hydrogens (tertiary/aromatic N) is 2. The van der Waals surface area contributed by atoms with E-state index in [0.29, 0.717) is 0 Å². The molecule has 0 saturated heterocycles. The number of fused-ring (bicyclic) bond motifs is 4. The van der Waals surface area contributed by atoms with E-state index in [1.165, 1.54) is 22.3 Å². The van der Waals surface area contributed by atoms with Crippen LogP contribution in [0.4, 0.5) is 5.69 Å². The highest BCUT2D eigenvalue weighted by Crippen LogP contribution is 2.64. The Hall–Kier alpha value is -3.70. The number of likely N-dealkylation sites (N-methyl/N-ethyl adjacent to an activating group) is 1. The minimum absolute atomic E-state index is 0.128. The smallest absolute Gasteiger partial charge is 0.235 e. The van der Waals surface area contributed by atoms with E-state index in [-0.39, 0.29) is 11.8 Å². The summed E-state index contributed by atoms with van der Waals surface area (Å²) in [5, 5.41) is 12.0. The number of carbonyl (C=O) groups is 1. The van der Waals surface area contributed by atoms with Crippen molar-refractivity contribution in [3.8, 4) is 0 Å². The number of aromatic amines is 1. The van der Waals surface area contributed by atoms with Gasteiger partial charge in [-0.15, -0.1) is 0 Å². The minimum atomic E-state index is -0.408. The van der Waals surface area contributed by atoms with Crippen LogP contribution in [-0.4, -0.2) is 34.6 Å². The summed E-state index contributed by atoms with van der Waals surface area (Å²) in [5.41, 5.74) is 8.92. The van der Waals surface area contributed by atoms with Gasteiger partial charge in [0.15, 0.2) is 0 Å². The largest absolute Gasteiger partial charge is 0.325 e. The summed E-state index contributed by atoms with van der Waals surface area (Å²) in [6.07, 6.45) is 6.20. The molecule has 3 aromatic carbocycles. The molecule has 7 rings (SSSR count). The zero-order valence-corrected chi connectivity index (χ0v) is 19.1. The van der Waals surface area contributed by atoms with Gasteiger partial charge < -0.3 is 10.2 Å². The highest BCUT2D eigenvalue weighted by molar-refractivity contribution is 6.09. The van der Waals surface area contributed by atoms with E-state index in [2.05, 4.69) is 82.1 Å². The molecule has 3 heterocycles. The molecule has 0 radical (unpaired) electrons. The lowest BCUT2D eigenvalue weighted by Crippen LogP contribution is -2.26. The summed E-state index contributed by atoms with van der Waals surface area (Å²) >= 11 is 0. The molecule has 1 amide bonds. The van der Waals surface area contributed by atoms with Crippen molar-refractivity contribution < 1.29 is 4.79 Å². The molecule has 3 aliphatic rings. The van der Waals surface area contributed by atoms with Gasteiger partial charge in [0.2, 0.25) is 5.91 Å². The Balaban J connectivity index is 1.16. The Morgan fingerprint density at radius 3 is 2.91 bits per heavy atom. The third-order valence-corrected chi connectivity index (χ3v) is 7.91. The average Bonchev–Trinajstić information content (AvgIpc) is 3.39. The zero-order valence-electron chi connectivity index (χ0n) is 19.1. The van der Waals surface area contributed by atoms with Gasteiger partial charge in [0.1, 0.15) is 0 Å². The molecule has 1 aromatic heterocycles. The highest BCUT2D eigenvalue weighted by atomic mass is 16.2. The molecule has 1 saturated carbocycles. The number of amides is 1. The molecule has 2 atom stereocenters. The van der Waals surface area contributed by atoms with E-state index >= 15 is 0 Å². The number of benzene rings is 3. The third-order valence-electron chi connectivity index (χ3n) is 7.91.